The molecule has 0 saturated carbocycles. The summed E-state index contributed by atoms with van der Waals surface area (Å²) in [6.45, 7) is 8.64. The first-order valence-corrected chi connectivity index (χ1v) is 9.95. The van der Waals surface area contributed by atoms with Crippen molar-refractivity contribution < 1.29 is 9.21 Å². The molecule has 0 aliphatic heterocycles. The van der Waals surface area contributed by atoms with E-state index in [0.717, 1.165) is 40.2 Å². The first-order chi connectivity index (χ1) is 13.0. The van der Waals surface area contributed by atoms with E-state index < -0.39 is 0 Å². The molecular weight excluding hydrogens is 360 g/mol. The van der Waals surface area contributed by atoms with E-state index in [0.29, 0.717) is 0 Å². The Morgan fingerprint density at radius 3 is 2.67 bits per heavy atom. The van der Waals surface area contributed by atoms with Crippen LogP contribution in [0.5, 0.6) is 0 Å². The summed E-state index contributed by atoms with van der Waals surface area (Å²) in [5.74, 6) is 2.63. The van der Waals surface area contributed by atoms with Gasteiger partial charge in [0.15, 0.2) is 11.0 Å². The van der Waals surface area contributed by atoms with Crippen LogP contribution in [-0.2, 0) is 11.3 Å². The Balaban J connectivity index is 1.66. The van der Waals surface area contributed by atoms with E-state index >= 15 is 0 Å². The normalized spacial score (nSPS) is 12.1. The number of carbonyl (C=O) groups is 1. The Morgan fingerprint density at radius 1 is 1.22 bits per heavy atom. The molecule has 0 bridgehead atoms. The van der Waals surface area contributed by atoms with Gasteiger partial charge in [-0.2, -0.15) is 0 Å². The molecule has 1 amide bonds. The van der Waals surface area contributed by atoms with Crippen LogP contribution in [-0.4, -0.2) is 26.4 Å². The minimum absolute atomic E-state index is 0.0651. The summed E-state index contributed by atoms with van der Waals surface area (Å²) in [7, 11) is 0. The van der Waals surface area contributed by atoms with Crippen LogP contribution in [0.15, 0.2) is 46.0 Å². The lowest BCUT2D eigenvalue weighted by molar-refractivity contribution is -0.119. The fourth-order valence-corrected chi connectivity index (χ4v) is 3.69. The van der Waals surface area contributed by atoms with Gasteiger partial charge in [-0.15, -0.1) is 10.2 Å². The molecule has 1 atom stereocenters. The largest absolute Gasteiger partial charge is 0.464 e. The molecule has 27 heavy (non-hydrogen) atoms. The van der Waals surface area contributed by atoms with Gasteiger partial charge < -0.3 is 14.3 Å². The highest BCUT2D eigenvalue weighted by Gasteiger charge is 2.17. The Hall–Kier alpha value is -2.54. The molecule has 2 heterocycles. The van der Waals surface area contributed by atoms with Crippen molar-refractivity contribution in [2.24, 2.45) is 0 Å². The number of furan rings is 1. The van der Waals surface area contributed by atoms with E-state index in [9.17, 15) is 4.79 Å². The molecule has 1 unspecified atom stereocenters. The average molecular weight is 385 g/mol. The third kappa shape index (κ3) is 4.42. The lowest BCUT2D eigenvalue weighted by Crippen LogP contribution is -2.28. The van der Waals surface area contributed by atoms with Crippen LogP contribution >= 0.6 is 11.8 Å². The lowest BCUT2D eigenvalue weighted by atomic mass is 10.1. The average Bonchev–Trinajstić information content (AvgIpc) is 3.26. The van der Waals surface area contributed by atoms with Crippen LogP contribution in [0.1, 0.15) is 37.0 Å². The van der Waals surface area contributed by atoms with Crippen molar-refractivity contribution in [2.75, 3.05) is 5.75 Å². The summed E-state index contributed by atoms with van der Waals surface area (Å²) in [4.78, 5) is 12.3. The van der Waals surface area contributed by atoms with Gasteiger partial charge in [0.2, 0.25) is 5.91 Å². The molecular formula is C20H24N4O2S. The first kappa shape index (κ1) is 19.2. The van der Waals surface area contributed by atoms with Gasteiger partial charge in [0, 0.05) is 12.1 Å². The van der Waals surface area contributed by atoms with Crippen molar-refractivity contribution in [2.45, 2.75) is 45.4 Å². The maximum absolute atomic E-state index is 12.3. The second-order valence-electron chi connectivity index (χ2n) is 6.39. The van der Waals surface area contributed by atoms with Crippen molar-refractivity contribution >= 4 is 17.7 Å². The van der Waals surface area contributed by atoms with E-state index in [1.165, 1.54) is 11.8 Å². The highest BCUT2D eigenvalue weighted by Crippen LogP contribution is 2.26. The van der Waals surface area contributed by atoms with Gasteiger partial charge in [0.05, 0.1) is 11.8 Å². The molecule has 0 saturated heterocycles. The number of nitrogens with zero attached hydrogens (tertiary/aromatic N) is 3. The summed E-state index contributed by atoms with van der Waals surface area (Å²) in [6.07, 6.45) is 0. The topological polar surface area (TPSA) is 73.0 Å². The minimum Gasteiger partial charge on any atom is -0.464 e. The molecule has 3 aromatic rings. The van der Waals surface area contributed by atoms with Crippen LogP contribution in [0.4, 0.5) is 0 Å². The van der Waals surface area contributed by atoms with Gasteiger partial charge in [-0.3, -0.25) is 4.79 Å². The summed E-state index contributed by atoms with van der Waals surface area (Å²) in [5, 5.41) is 12.3. The van der Waals surface area contributed by atoms with Crippen molar-refractivity contribution in [3.8, 4) is 11.4 Å². The van der Waals surface area contributed by atoms with Gasteiger partial charge in [-0.25, -0.2) is 0 Å². The number of amides is 1. The molecule has 0 fully saturated rings. The highest BCUT2D eigenvalue weighted by molar-refractivity contribution is 7.99. The van der Waals surface area contributed by atoms with Crippen molar-refractivity contribution in [3.63, 3.8) is 0 Å². The number of hydrogen-bond donors (Lipinski definition) is 1. The van der Waals surface area contributed by atoms with Crippen LogP contribution < -0.4 is 5.32 Å². The number of rotatable bonds is 7. The molecule has 0 aliphatic carbocycles. The van der Waals surface area contributed by atoms with Crippen molar-refractivity contribution in [3.05, 3.63) is 53.5 Å². The molecule has 1 aromatic carbocycles. The van der Waals surface area contributed by atoms with Crippen LogP contribution in [0.3, 0.4) is 0 Å². The van der Waals surface area contributed by atoms with E-state index in [1.807, 2.05) is 48.7 Å². The van der Waals surface area contributed by atoms with Crippen LogP contribution in [0, 0.1) is 13.8 Å². The molecule has 0 spiro atoms. The third-order valence-corrected chi connectivity index (χ3v) is 5.28. The van der Waals surface area contributed by atoms with Gasteiger partial charge in [0.25, 0.3) is 0 Å². The summed E-state index contributed by atoms with van der Waals surface area (Å²) in [6, 6.07) is 11.7. The van der Waals surface area contributed by atoms with Crippen LogP contribution in [0.2, 0.25) is 0 Å². The Bertz CT molecular complexity index is 932. The number of aryl methyl sites for hydroxylation is 2. The molecule has 1 N–H and O–H groups in total. The molecule has 0 aliphatic rings. The second-order valence-corrected chi connectivity index (χ2v) is 7.33. The highest BCUT2D eigenvalue weighted by atomic mass is 32.2. The van der Waals surface area contributed by atoms with Crippen molar-refractivity contribution in [1.29, 1.82) is 0 Å². The maximum atomic E-state index is 12.3. The number of aromatic nitrogens is 3. The predicted octanol–water partition coefficient (Wildman–Crippen LogP) is 4.14. The summed E-state index contributed by atoms with van der Waals surface area (Å²) >= 11 is 1.39. The fraction of sp³-hybridized carbons (Fsp3) is 0.350. The number of nitrogens with one attached hydrogen (secondary N) is 1. The fourth-order valence-electron chi connectivity index (χ4n) is 2.87. The molecule has 0 radical (unpaired) electrons. The van der Waals surface area contributed by atoms with Crippen LogP contribution in [0.25, 0.3) is 11.4 Å². The predicted molar refractivity (Wildman–Crippen MR) is 107 cm³/mol. The summed E-state index contributed by atoms with van der Waals surface area (Å²) < 4.78 is 7.60. The zero-order valence-corrected chi connectivity index (χ0v) is 16.8. The zero-order valence-electron chi connectivity index (χ0n) is 16.0. The SMILES string of the molecule is CCn1c(SCC(=O)NC(C)c2ccc(C)o2)nnc1-c1ccccc1C. The second kappa shape index (κ2) is 8.43. The Labute approximate surface area is 163 Å². The smallest absolute Gasteiger partial charge is 0.231 e. The molecule has 7 heteroatoms. The summed E-state index contributed by atoms with van der Waals surface area (Å²) in [5.41, 5.74) is 2.21. The van der Waals surface area contributed by atoms with Gasteiger partial charge in [0.1, 0.15) is 11.5 Å². The number of carbonyl (C=O) groups excluding carboxylic acids is 1. The number of thioether (sulfide) groups is 1. The monoisotopic (exact) mass is 384 g/mol. The Kier molecular flexibility index (Phi) is 6.01. The van der Waals surface area contributed by atoms with E-state index in [4.69, 9.17) is 4.42 Å². The minimum atomic E-state index is -0.168. The van der Waals surface area contributed by atoms with Crippen molar-refractivity contribution in [1.82, 2.24) is 20.1 Å². The molecule has 3 rings (SSSR count). The van der Waals surface area contributed by atoms with Gasteiger partial charge in [-0.05, 0) is 45.4 Å². The standard InChI is InChI=1S/C20H24N4O2S/c1-5-24-19(16-9-7-6-8-13(16)2)22-23-20(24)27-12-18(25)21-15(4)17-11-10-14(3)26-17/h6-11,15H,5,12H2,1-4H3,(H,21,25). The lowest BCUT2D eigenvalue weighted by Gasteiger charge is -2.12. The Morgan fingerprint density at radius 2 is 2.00 bits per heavy atom. The number of benzene rings is 1. The third-order valence-electron chi connectivity index (χ3n) is 4.32. The first-order valence-electron chi connectivity index (χ1n) is 8.97. The van der Waals surface area contributed by atoms with Gasteiger partial charge in [-0.1, -0.05) is 36.0 Å². The molecule has 142 valence electrons. The molecule has 2 aromatic heterocycles. The van der Waals surface area contributed by atoms with E-state index in [1.54, 1.807) is 0 Å². The maximum Gasteiger partial charge on any atom is 0.231 e. The quantitative estimate of drug-likeness (QED) is 0.620. The zero-order chi connectivity index (χ0) is 19.4. The van der Waals surface area contributed by atoms with E-state index in [-0.39, 0.29) is 17.7 Å². The van der Waals surface area contributed by atoms with E-state index in [2.05, 4.69) is 35.4 Å². The molecule has 6 nitrogen and oxygen atoms in total. The van der Waals surface area contributed by atoms with Gasteiger partial charge >= 0.3 is 0 Å². The number of hydrogen-bond acceptors (Lipinski definition) is 5.